The summed E-state index contributed by atoms with van der Waals surface area (Å²) in [6, 6.07) is 3.77. The maximum absolute atomic E-state index is 9.69. The smallest absolute Gasteiger partial charge is 0.169 e. The molecule has 1 aliphatic carbocycles. The molecule has 0 amide bonds. The molecule has 1 heterocycles. The van der Waals surface area contributed by atoms with Crippen molar-refractivity contribution in [2.24, 2.45) is 0 Å². The van der Waals surface area contributed by atoms with Crippen LogP contribution in [-0.4, -0.2) is 28.8 Å². The van der Waals surface area contributed by atoms with Gasteiger partial charge in [0, 0.05) is 6.20 Å². The van der Waals surface area contributed by atoms with Gasteiger partial charge in [-0.15, -0.1) is 0 Å². The highest BCUT2D eigenvalue weighted by Gasteiger charge is 2.32. The molecule has 0 atom stereocenters. The molecule has 2 rings (SSSR count). The van der Waals surface area contributed by atoms with Crippen molar-refractivity contribution in [1.82, 2.24) is 4.98 Å². The molecule has 0 bridgehead atoms. The van der Waals surface area contributed by atoms with Gasteiger partial charge < -0.3 is 15.2 Å². The minimum Gasteiger partial charge on any atom is -0.490 e. The summed E-state index contributed by atoms with van der Waals surface area (Å²) >= 11 is 0. The van der Waals surface area contributed by atoms with Crippen molar-refractivity contribution >= 4 is 5.82 Å². The zero-order chi connectivity index (χ0) is 12.8. The molecule has 1 aliphatic rings. The van der Waals surface area contributed by atoms with Gasteiger partial charge in [0.25, 0.3) is 0 Å². The van der Waals surface area contributed by atoms with Crippen LogP contribution in [0.25, 0.3) is 0 Å². The van der Waals surface area contributed by atoms with Crippen LogP contribution < -0.4 is 10.1 Å². The van der Waals surface area contributed by atoms with E-state index in [0.29, 0.717) is 6.61 Å². The lowest BCUT2D eigenvalue weighted by atomic mass is 9.82. The number of aromatic nitrogens is 1. The summed E-state index contributed by atoms with van der Waals surface area (Å²) in [5.74, 6) is 1.51. The third-order valence-corrected chi connectivity index (χ3v) is 3.57. The van der Waals surface area contributed by atoms with Crippen molar-refractivity contribution in [3.05, 3.63) is 18.3 Å². The number of pyridine rings is 1. The quantitative estimate of drug-likeness (QED) is 0.843. The summed E-state index contributed by atoms with van der Waals surface area (Å²) in [5.41, 5.74) is -0.224. The Balaban J connectivity index is 2.15. The first kappa shape index (κ1) is 13.1. The van der Waals surface area contributed by atoms with Crippen molar-refractivity contribution in [3.63, 3.8) is 0 Å². The van der Waals surface area contributed by atoms with E-state index in [1.54, 1.807) is 6.20 Å². The Kier molecular flexibility index (Phi) is 4.42. The first-order valence-electron chi connectivity index (χ1n) is 6.76. The van der Waals surface area contributed by atoms with Gasteiger partial charge in [-0.3, -0.25) is 0 Å². The van der Waals surface area contributed by atoms with Gasteiger partial charge in [-0.2, -0.15) is 0 Å². The molecule has 18 heavy (non-hydrogen) atoms. The number of nitrogens with zero attached hydrogens (tertiary/aromatic N) is 1. The number of hydrogen-bond donors (Lipinski definition) is 2. The maximum Gasteiger partial charge on any atom is 0.169 e. The molecule has 0 aliphatic heterocycles. The molecule has 1 aromatic rings. The second-order valence-corrected chi connectivity index (χ2v) is 4.91. The number of aliphatic hydroxyl groups is 1. The standard InChI is InChI=1S/C14H22N2O2/c1-2-18-12-7-6-10-15-13(12)16-14(11-17)8-4-3-5-9-14/h6-7,10,17H,2-5,8-9,11H2,1H3,(H,15,16). The van der Waals surface area contributed by atoms with E-state index in [-0.39, 0.29) is 12.1 Å². The molecule has 1 aromatic heterocycles. The molecule has 0 saturated heterocycles. The average Bonchev–Trinajstić information content (AvgIpc) is 2.42. The molecule has 2 N–H and O–H groups in total. The fraction of sp³-hybridized carbons (Fsp3) is 0.643. The molecule has 0 aromatic carbocycles. The van der Waals surface area contributed by atoms with Gasteiger partial charge in [0.15, 0.2) is 11.6 Å². The molecule has 4 heteroatoms. The minimum atomic E-state index is -0.224. The Hall–Kier alpha value is -1.29. The van der Waals surface area contributed by atoms with Crippen LogP contribution in [0.3, 0.4) is 0 Å². The highest BCUT2D eigenvalue weighted by molar-refractivity contribution is 5.51. The highest BCUT2D eigenvalue weighted by atomic mass is 16.5. The van der Waals surface area contributed by atoms with Crippen molar-refractivity contribution < 1.29 is 9.84 Å². The second kappa shape index (κ2) is 6.05. The first-order chi connectivity index (χ1) is 8.79. The summed E-state index contributed by atoms with van der Waals surface area (Å²) in [6.07, 6.45) is 7.30. The van der Waals surface area contributed by atoms with Gasteiger partial charge in [-0.05, 0) is 31.9 Å². The van der Waals surface area contributed by atoms with Crippen LogP contribution in [0.5, 0.6) is 5.75 Å². The number of hydrogen-bond acceptors (Lipinski definition) is 4. The van der Waals surface area contributed by atoms with Crippen molar-refractivity contribution in [3.8, 4) is 5.75 Å². The number of nitrogens with one attached hydrogen (secondary N) is 1. The van der Waals surface area contributed by atoms with Gasteiger partial charge in [0.2, 0.25) is 0 Å². The molecule has 0 spiro atoms. The number of ether oxygens (including phenoxy) is 1. The van der Waals surface area contributed by atoms with Crippen LogP contribution in [-0.2, 0) is 0 Å². The van der Waals surface area contributed by atoms with Crippen LogP contribution in [0.1, 0.15) is 39.0 Å². The Morgan fingerprint density at radius 3 is 2.83 bits per heavy atom. The van der Waals surface area contributed by atoms with Crippen LogP contribution in [0.15, 0.2) is 18.3 Å². The normalized spacial score (nSPS) is 18.3. The van der Waals surface area contributed by atoms with Crippen LogP contribution >= 0.6 is 0 Å². The Morgan fingerprint density at radius 1 is 1.39 bits per heavy atom. The topological polar surface area (TPSA) is 54.4 Å². The largest absolute Gasteiger partial charge is 0.490 e. The van der Waals surface area contributed by atoms with E-state index in [1.165, 1.54) is 6.42 Å². The lowest BCUT2D eigenvalue weighted by Crippen LogP contribution is -2.44. The first-order valence-corrected chi connectivity index (χ1v) is 6.76. The zero-order valence-electron chi connectivity index (χ0n) is 11.0. The van der Waals surface area contributed by atoms with Crippen molar-refractivity contribution in [2.75, 3.05) is 18.5 Å². The molecular weight excluding hydrogens is 228 g/mol. The molecule has 1 saturated carbocycles. The van der Waals surface area contributed by atoms with Gasteiger partial charge in [-0.1, -0.05) is 19.3 Å². The summed E-state index contributed by atoms with van der Waals surface area (Å²) < 4.78 is 5.56. The molecule has 1 fully saturated rings. The Bertz CT molecular complexity index is 376. The van der Waals surface area contributed by atoms with E-state index in [4.69, 9.17) is 4.74 Å². The molecule has 0 unspecified atom stereocenters. The minimum absolute atomic E-state index is 0.148. The number of anilines is 1. The number of rotatable bonds is 5. The van der Waals surface area contributed by atoms with Gasteiger partial charge in [-0.25, -0.2) is 4.98 Å². The zero-order valence-corrected chi connectivity index (χ0v) is 11.0. The summed E-state index contributed by atoms with van der Waals surface area (Å²) in [4.78, 5) is 4.34. The highest BCUT2D eigenvalue weighted by Crippen LogP contribution is 2.33. The SMILES string of the molecule is CCOc1cccnc1NC1(CO)CCCCC1. The van der Waals surface area contributed by atoms with Gasteiger partial charge >= 0.3 is 0 Å². The fourth-order valence-electron chi connectivity index (χ4n) is 2.56. The molecular formula is C14H22N2O2. The van der Waals surface area contributed by atoms with Crippen LogP contribution in [0.4, 0.5) is 5.82 Å². The van der Waals surface area contributed by atoms with Gasteiger partial charge in [0.1, 0.15) is 0 Å². The van der Waals surface area contributed by atoms with Crippen molar-refractivity contribution in [2.45, 2.75) is 44.6 Å². The van der Waals surface area contributed by atoms with Gasteiger partial charge in [0.05, 0.1) is 18.8 Å². The lowest BCUT2D eigenvalue weighted by Gasteiger charge is -2.37. The Labute approximate surface area is 108 Å². The monoisotopic (exact) mass is 250 g/mol. The van der Waals surface area contributed by atoms with E-state index in [0.717, 1.165) is 37.3 Å². The predicted molar refractivity (Wildman–Crippen MR) is 71.9 cm³/mol. The second-order valence-electron chi connectivity index (χ2n) is 4.91. The number of aliphatic hydroxyl groups excluding tert-OH is 1. The van der Waals surface area contributed by atoms with E-state index >= 15 is 0 Å². The Morgan fingerprint density at radius 2 is 2.17 bits per heavy atom. The maximum atomic E-state index is 9.69. The predicted octanol–water partition coefficient (Wildman–Crippen LogP) is 2.59. The summed E-state index contributed by atoms with van der Waals surface area (Å²) in [6.45, 7) is 2.72. The van der Waals surface area contributed by atoms with Crippen LogP contribution in [0.2, 0.25) is 0 Å². The molecule has 0 radical (unpaired) electrons. The third kappa shape index (κ3) is 2.93. The van der Waals surface area contributed by atoms with Crippen molar-refractivity contribution in [1.29, 1.82) is 0 Å². The van der Waals surface area contributed by atoms with E-state index in [2.05, 4.69) is 10.3 Å². The van der Waals surface area contributed by atoms with E-state index in [9.17, 15) is 5.11 Å². The van der Waals surface area contributed by atoms with Crippen LogP contribution in [0, 0.1) is 0 Å². The summed E-state index contributed by atoms with van der Waals surface area (Å²) in [7, 11) is 0. The summed E-state index contributed by atoms with van der Waals surface area (Å²) in [5, 5.41) is 13.1. The third-order valence-electron chi connectivity index (χ3n) is 3.57. The molecule has 100 valence electrons. The molecule has 4 nitrogen and oxygen atoms in total. The average molecular weight is 250 g/mol. The van der Waals surface area contributed by atoms with E-state index in [1.807, 2.05) is 19.1 Å². The fourth-order valence-corrected chi connectivity index (χ4v) is 2.56. The lowest BCUT2D eigenvalue weighted by molar-refractivity contribution is 0.172. The van der Waals surface area contributed by atoms with E-state index < -0.39 is 0 Å².